The molecule has 1 atom stereocenters. The van der Waals surface area contributed by atoms with Crippen molar-refractivity contribution in [1.29, 1.82) is 0 Å². The van der Waals surface area contributed by atoms with Crippen LogP contribution in [0.15, 0.2) is 42.5 Å². The lowest BCUT2D eigenvalue weighted by atomic mass is 10.1. The van der Waals surface area contributed by atoms with Crippen molar-refractivity contribution in [3.8, 4) is 11.5 Å². The predicted molar refractivity (Wildman–Crippen MR) is 96.0 cm³/mol. The number of carbonyl (C=O) groups is 1. The van der Waals surface area contributed by atoms with Gasteiger partial charge in [0, 0.05) is 22.8 Å². The molecule has 2 rings (SSSR count). The third-order valence-electron chi connectivity index (χ3n) is 3.58. The highest BCUT2D eigenvalue weighted by atomic mass is 35.5. The number of amides is 1. The van der Waals surface area contributed by atoms with Gasteiger partial charge >= 0.3 is 0 Å². The molecule has 0 aliphatic carbocycles. The van der Waals surface area contributed by atoms with Crippen molar-refractivity contribution in [2.75, 3.05) is 26.1 Å². The van der Waals surface area contributed by atoms with Crippen molar-refractivity contribution < 1.29 is 14.3 Å². The second kappa shape index (κ2) is 8.57. The van der Waals surface area contributed by atoms with Gasteiger partial charge in [-0.15, -0.1) is 0 Å². The van der Waals surface area contributed by atoms with Crippen LogP contribution in [0.3, 0.4) is 0 Å². The first kappa shape index (κ1) is 18.1. The Hall–Kier alpha value is -2.24. The van der Waals surface area contributed by atoms with E-state index in [1.54, 1.807) is 32.4 Å². The summed E-state index contributed by atoms with van der Waals surface area (Å²) in [6.45, 7) is 2.16. The minimum absolute atomic E-state index is 0.0138. The lowest BCUT2D eigenvalue weighted by molar-refractivity contribution is -0.115. The Labute approximate surface area is 146 Å². The van der Waals surface area contributed by atoms with Gasteiger partial charge in [0.2, 0.25) is 5.91 Å². The van der Waals surface area contributed by atoms with E-state index < -0.39 is 0 Å². The van der Waals surface area contributed by atoms with Crippen LogP contribution in [0.25, 0.3) is 0 Å². The normalized spacial score (nSPS) is 11.7. The molecule has 1 amide bonds. The number of hydrogen-bond donors (Lipinski definition) is 2. The highest BCUT2D eigenvalue weighted by molar-refractivity contribution is 6.30. The second-order valence-corrected chi connectivity index (χ2v) is 5.71. The number of ether oxygens (including phenoxy) is 2. The highest BCUT2D eigenvalue weighted by Crippen LogP contribution is 2.29. The molecule has 0 bridgehead atoms. The van der Waals surface area contributed by atoms with E-state index in [1.807, 2.05) is 31.2 Å². The summed E-state index contributed by atoms with van der Waals surface area (Å²) in [6.07, 6.45) is 0. The van der Waals surface area contributed by atoms with E-state index in [-0.39, 0.29) is 18.5 Å². The van der Waals surface area contributed by atoms with Crippen LogP contribution in [-0.2, 0) is 4.79 Å². The summed E-state index contributed by atoms with van der Waals surface area (Å²) in [4.78, 5) is 12.1. The highest BCUT2D eigenvalue weighted by Gasteiger charge is 2.10. The predicted octanol–water partition coefficient (Wildman–Crippen LogP) is 3.65. The molecular weight excluding hydrogens is 328 g/mol. The lowest BCUT2D eigenvalue weighted by Gasteiger charge is -2.15. The Morgan fingerprint density at radius 2 is 1.88 bits per heavy atom. The minimum atomic E-state index is -0.143. The van der Waals surface area contributed by atoms with Gasteiger partial charge in [-0.05, 0) is 36.8 Å². The monoisotopic (exact) mass is 348 g/mol. The molecule has 0 heterocycles. The zero-order chi connectivity index (χ0) is 17.5. The maximum atomic E-state index is 12.1. The molecule has 0 saturated carbocycles. The van der Waals surface area contributed by atoms with Gasteiger partial charge in [0.05, 0.1) is 20.8 Å². The average molecular weight is 349 g/mol. The zero-order valence-electron chi connectivity index (χ0n) is 13.9. The largest absolute Gasteiger partial charge is 0.493 e. The number of methoxy groups -OCH3 is 2. The Kier molecular flexibility index (Phi) is 6.46. The van der Waals surface area contributed by atoms with E-state index in [1.165, 1.54) is 0 Å². The topological polar surface area (TPSA) is 59.6 Å². The smallest absolute Gasteiger partial charge is 0.238 e. The zero-order valence-corrected chi connectivity index (χ0v) is 14.7. The summed E-state index contributed by atoms with van der Waals surface area (Å²) >= 11 is 5.98. The molecule has 0 unspecified atom stereocenters. The van der Waals surface area contributed by atoms with Crippen LogP contribution in [0, 0.1) is 0 Å². The van der Waals surface area contributed by atoms with Gasteiger partial charge in [-0.1, -0.05) is 23.7 Å². The Morgan fingerprint density at radius 3 is 2.54 bits per heavy atom. The van der Waals surface area contributed by atoms with Crippen molar-refractivity contribution in [3.05, 3.63) is 53.1 Å². The van der Waals surface area contributed by atoms with Gasteiger partial charge in [-0.3, -0.25) is 4.79 Å². The fourth-order valence-corrected chi connectivity index (χ4v) is 2.46. The van der Waals surface area contributed by atoms with Crippen molar-refractivity contribution in [3.63, 3.8) is 0 Å². The maximum absolute atomic E-state index is 12.1. The molecule has 0 saturated heterocycles. The van der Waals surface area contributed by atoms with Gasteiger partial charge in [0.25, 0.3) is 0 Å². The van der Waals surface area contributed by atoms with Crippen LogP contribution < -0.4 is 20.1 Å². The summed E-state index contributed by atoms with van der Waals surface area (Å²) in [7, 11) is 3.12. The molecule has 6 heteroatoms. The van der Waals surface area contributed by atoms with Gasteiger partial charge in [-0.2, -0.15) is 0 Å². The molecule has 128 valence electrons. The molecular formula is C18H21ClN2O3. The number of benzene rings is 2. The number of anilines is 1. The van der Waals surface area contributed by atoms with Gasteiger partial charge < -0.3 is 20.1 Å². The number of halogens is 1. The number of hydrogen-bond acceptors (Lipinski definition) is 4. The third-order valence-corrected chi connectivity index (χ3v) is 3.82. The first-order chi connectivity index (χ1) is 11.5. The Morgan fingerprint density at radius 1 is 1.12 bits per heavy atom. The van der Waals surface area contributed by atoms with Gasteiger partial charge in [-0.25, -0.2) is 0 Å². The summed E-state index contributed by atoms with van der Waals surface area (Å²) in [5.41, 5.74) is 1.68. The fraction of sp³-hybridized carbons (Fsp3) is 0.278. The van der Waals surface area contributed by atoms with Gasteiger partial charge in [0.15, 0.2) is 11.5 Å². The number of nitrogens with one attached hydrogen (secondary N) is 2. The van der Waals surface area contributed by atoms with Crippen LogP contribution in [0.1, 0.15) is 18.5 Å². The minimum Gasteiger partial charge on any atom is -0.493 e. The summed E-state index contributed by atoms with van der Waals surface area (Å²) in [5, 5.41) is 6.67. The lowest BCUT2D eigenvalue weighted by Crippen LogP contribution is -2.30. The van der Waals surface area contributed by atoms with E-state index in [0.29, 0.717) is 22.2 Å². The van der Waals surface area contributed by atoms with Crippen molar-refractivity contribution in [2.45, 2.75) is 13.0 Å². The molecule has 0 aliphatic rings. The third kappa shape index (κ3) is 4.88. The van der Waals surface area contributed by atoms with Crippen molar-refractivity contribution in [1.82, 2.24) is 5.32 Å². The van der Waals surface area contributed by atoms with Gasteiger partial charge in [0.1, 0.15) is 0 Å². The average Bonchev–Trinajstić information content (AvgIpc) is 2.59. The molecule has 0 radical (unpaired) electrons. The van der Waals surface area contributed by atoms with Crippen molar-refractivity contribution >= 4 is 23.2 Å². The van der Waals surface area contributed by atoms with E-state index >= 15 is 0 Å². The summed E-state index contributed by atoms with van der Waals surface area (Å²) in [6, 6.07) is 12.8. The van der Waals surface area contributed by atoms with E-state index in [0.717, 1.165) is 5.56 Å². The Balaban J connectivity index is 1.91. The standard InChI is InChI=1S/C18H21ClN2O3/c1-12(13-5-4-6-14(19)9-13)20-11-18(22)21-15-7-8-16(23-2)17(10-15)24-3/h4-10,12,20H,11H2,1-3H3,(H,21,22)/t12-/m1/s1. The second-order valence-electron chi connectivity index (χ2n) is 5.28. The molecule has 24 heavy (non-hydrogen) atoms. The summed E-state index contributed by atoms with van der Waals surface area (Å²) < 4.78 is 10.4. The van der Waals surface area contributed by atoms with E-state index in [2.05, 4.69) is 10.6 Å². The van der Waals surface area contributed by atoms with Crippen LogP contribution >= 0.6 is 11.6 Å². The van der Waals surface area contributed by atoms with Crippen molar-refractivity contribution in [2.24, 2.45) is 0 Å². The molecule has 5 nitrogen and oxygen atoms in total. The van der Waals surface area contributed by atoms with Crippen LogP contribution in [0.4, 0.5) is 5.69 Å². The molecule has 2 aromatic carbocycles. The fourth-order valence-electron chi connectivity index (χ4n) is 2.26. The molecule has 0 spiro atoms. The van der Waals surface area contributed by atoms with E-state index in [9.17, 15) is 4.79 Å². The first-order valence-electron chi connectivity index (χ1n) is 7.54. The van der Waals surface area contributed by atoms with Crippen LogP contribution in [0.2, 0.25) is 5.02 Å². The molecule has 2 N–H and O–H groups in total. The molecule has 0 fully saturated rings. The van der Waals surface area contributed by atoms with E-state index in [4.69, 9.17) is 21.1 Å². The number of rotatable bonds is 7. The SMILES string of the molecule is COc1ccc(NC(=O)CN[C@H](C)c2cccc(Cl)c2)cc1OC. The number of carbonyl (C=O) groups excluding carboxylic acids is 1. The summed E-state index contributed by atoms with van der Waals surface area (Å²) in [5.74, 6) is 1.04. The first-order valence-corrected chi connectivity index (χ1v) is 7.92. The molecule has 0 aliphatic heterocycles. The van der Waals surface area contributed by atoms with Crippen LogP contribution in [0.5, 0.6) is 11.5 Å². The van der Waals surface area contributed by atoms with Crippen LogP contribution in [-0.4, -0.2) is 26.7 Å². The maximum Gasteiger partial charge on any atom is 0.238 e. The quantitative estimate of drug-likeness (QED) is 0.802. The molecule has 0 aromatic heterocycles. The Bertz CT molecular complexity index is 706. The molecule has 2 aromatic rings.